The van der Waals surface area contributed by atoms with Crippen LogP contribution in [0.25, 0.3) is 49.8 Å². The second-order valence-electron chi connectivity index (χ2n) is 14.6. The average Bonchev–Trinajstić information content (AvgIpc) is 3.74. The molecule has 1 aliphatic carbocycles. The van der Waals surface area contributed by atoms with E-state index < -0.39 is 0 Å². The number of hydrogen-bond acceptors (Lipinski definition) is 7. The summed E-state index contributed by atoms with van der Waals surface area (Å²) in [6.45, 7) is 0.843. The van der Waals surface area contributed by atoms with Crippen LogP contribution in [0.1, 0.15) is 28.6 Å². The third-order valence-corrected chi connectivity index (χ3v) is 11.0. The molecule has 2 unspecified atom stereocenters. The van der Waals surface area contributed by atoms with E-state index in [0.717, 1.165) is 73.4 Å². The molecule has 2 aromatic heterocycles. The number of allylic oxidation sites excluding steroid dienone is 4. The highest BCUT2D eigenvalue weighted by Crippen LogP contribution is 2.37. The molecule has 270 valence electrons. The summed E-state index contributed by atoms with van der Waals surface area (Å²) in [5.41, 5.74) is 14.7. The molecule has 5 aromatic carbocycles. The first kappa shape index (κ1) is 32.9. The van der Waals surface area contributed by atoms with Gasteiger partial charge in [-0.2, -0.15) is 0 Å². The predicted molar refractivity (Wildman–Crippen MR) is 232 cm³/mol. The van der Waals surface area contributed by atoms with Gasteiger partial charge in [0.25, 0.3) is 0 Å². The molecule has 0 radical (unpaired) electrons. The average molecular weight is 734 g/mol. The van der Waals surface area contributed by atoms with Crippen molar-refractivity contribution in [3.05, 3.63) is 209 Å². The Bertz CT molecular complexity index is 2970. The first-order valence-electron chi connectivity index (χ1n) is 19.3. The maximum atomic E-state index is 5.17. The van der Waals surface area contributed by atoms with Gasteiger partial charge < -0.3 is 10.6 Å². The molecule has 0 spiro atoms. The van der Waals surface area contributed by atoms with Gasteiger partial charge in [0.05, 0.1) is 16.7 Å². The fraction of sp³-hybridized carbons (Fsp3) is 0.0600. The monoisotopic (exact) mass is 733 g/mol. The lowest BCUT2D eigenvalue weighted by atomic mass is 9.89. The van der Waals surface area contributed by atoms with Crippen LogP contribution in [0, 0.1) is 0 Å². The number of aromatic nitrogens is 2. The molecule has 7 nitrogen and oxygen atoms in total. The number of fused-ring (bicyclic) bond motifs is 4. The molecule has 57 heavy (non-hydrogen) atoms. The molecule has 7 heteroatoms. The first-order valence-corrected chi connectivity index (χ1v) is 19.3. The summed E-state index contributed by atoms with van der Waals surface area (Å²) in [6, 6.07) is 50.4. The van der Waals surface area contributed by atoms with Crippen LogP contribution < -0.4 is 10.6 Å². The van der Waals surface area contributed by atoms with Crippen molar-refractivity contribution in [1.82, 2.24) is 20.6 Å². The number of pyridine rings is 2. The maximum absolute atomic E-state index is 5.17. The van der Waals surface area contributed by atoms with Gasteiger partial charge in [0.15, 0.2) is 5.84 Å². The minimum absolute atomic E-state index is 0.0460. The zero-order valence-electron chi connectivity index (χ0n) is 30.8. The molecule has 0 saturated carbocycles. The lowest BCUT2D eigenvalue weighted by molar-refractivity contribution is 0.674. The second kappa shape index (κ2) is 13.7. The topological polar surface area (TPSA) is 86.9 Å². The van der Waals surface area contributed by atoms with E-state index in [0.29, 0.717) is 5.84 Å². The van der Waals surface area contributed by atoms with Gasteiger partial charge >= 0.3 is 0 Å². The molecule has 0 amide bonds. The van der Waals surface area contributed by atoms with E-state index in [4.69, 9.17) is 24.9 Å². The zero-order valence-corrected chi connectivity index (χ0v) is 30.8. The number of rotatable bonds is 6. The SMILES string of the molecule is C1=CC2=C(NC1)C1N=CC(c3ccc(-c4ccc5ccc(-c6ccc7ccc(C8=NC(c9ccccc9)NC(c9ccccc9)=N8)nc7c6)nc5c4)cc3)=C1C=C2. The van der Waals surface area contributed by atoms with Gasteiger partial charge in [-0.25, -0.2) is 20.0 Å². The number of dihydropyridines is 1. The molecule has 2 N–H and O–H groups in total. The minimum Gasteiger partial charge on any atom is -0.382 e. The van der Waals surface area contributed by atoms with Crippen LogP contribution in [0.2, 0.25) is 0 Å². The number of aliphatic imine (C=N–C) groups is 3. The predicted octanol–water partition coefficient (Wildman–Crippen LogP) is 9.80. The van der Waals surface area contributed by atoms with E-state index >= 15 is 0 Å². The van der Waals surface area contributed by atoms with Gasteiger partial charge in [-0.3, -0.25) is 4.99 Å². The largest absolute Gasteiger partial charge is 0.382 e. The summed E-state index contributed by atoms with van der Waals surface area (Å²) in [6.07, 6.45) is 10.5. The van der Waals surface area contributed by atoms with Crippen molar-refractivity contribution in [2.24, 2.45) is 15.0 Å². The summed E-state index contributed by atoms with van der Waals surface area (Å²) in [7, 11) is 0. The highest BCUT2D eigenvalue weighted by molar-refractivity contribution is 6.15. The Morgan fingerprint density at radius 2 is 1.23 bits per heavy atom. The van der Waals surface area contributed by atoms with Crippen molar-refractivity contribution in [2.75, 3.05) is 6.54 Å². The minimum atomic E-state index is -0.289. The lowest BCUT2D eigenvalue weighted by Crippen LogP contribution is -2.33. The van der Waals surface area contributed by atoms with E-state index in [1.54, 1.807) is 0 Å². The molecule has 0 saturated heterocycles. The summed E-state index contributed by atoms with van der Waals surface area (Å²) in [5, 5.41) is 9.19. The smallest absolute Gasteiger partial charge is 0.178 e. The summed E-state index contributed by atoms with van der Waals surface area (Å²) < 4.78 is 0. The Morgan fingerprint density at radius 3 is 2.04 bits per heavy atom. The Morgan fingerprint density at radius 1 is 0.561 bits per heavy atom. The number of nitrogens with zero attached hydrogens (tertiary/aromatic N) is 5. The summed E-state index contributed by atoms with van der Waals surface area (Å²) in [4.78, 5) is 25.2. The van der Waals surface area contributed by atoms with Crippen LogP contribution in [-0.2, 0) is 0 Å². The first-order chi connectivity index (χ1) is 28.2. The lowest BCUT2D eigenvalue weighted by Gasteiger charge is -2.25. The van der Waals surface area contributed by atoms with Gasteiger partial charge in [0, 0.05) is 45.9 Å². The molecule has 4 aliphatic rings. The highest BCUT2D eigenvalue weighted by atomic mass is 15.2. The van der Waals surface area contributed by atoms with Crippen LogP contribution >= 0.6 is 0 Å². The third-order valence-electron chi connectivity index (χ3n) is 11.0. The standard InChI is InChI=1S/C50H35N7/c1-3-8-36(9-4-1)48-55-49(37-10-5-2-6-11-37)57-50(56-48)43-26-23-34-18-20-39(29-45(34)54-43)42-25-22-33-17-19-38(28-44(33)53-42)31-13-15-32(16-14-31)41-30-52-47-40(41)24-21-35-12-7-27-51-46(35)47/h1-26,28-30,47-48,51H,27H2,(H,55,56,57). The van der Waals surface area contributed by atoms with Crippen molar-refractivity contribution in [3.63, 3.8) is 0 Å². The fourth-order valence-corrected chi connectivity index (χ4v) is 8.04. The molecule has 5 heterocycles. The summed E-state index contributed by atoms with van der Waals surface area (Å²) in [5.74, 6) is 1.36. The molecular weight excluding hydrogens is 699 g/mol. The van der Waals surface area contributed by atoms with Crippen molar-refractivity contribution in [2.45, 2.75) is 12.2 Å². The normalized spacial score (nSPS) is 18.2. The Hall–Kier alpha value is -7.51. The maximum Gasteiger partial charge on any atom is 0.178 e. The van der Waals surface area contributed by atoms with Crippen LogP contribution in [0.4, 0.5) is 0 Å². The van der Waals surface area contributed by atoms with E-state index in [1.165, 1.54) is 28.0 Å². The quantitative estimate of drug-likeness (QED) is 0.178. The highest BCUT2D eigenvalue weighted by Gasteiger charge is 2.29. The zero-order chi connectivity index (χ0) is 37.7. The number of nitrogens with one attached hydrogen (secondary N) is 2. The van der Waals surface area contributed by atoms with E-state index in [-0.39, 0.29) is 12.2 Å². The van der Waals surface area contributed by atoms with Crippen molar-refractivity contribution >= 4 is 45.3 Å². The van der Waals surface area contributed by atoms with Crippen molar-refractivity contribution in [3.8, 4) is 22.4 Å². The van der Waals surface area contributed by atoms with Gasteiger partial charge in [-0.15, -0.1) is 0 Å². The Labute approximate surface area is 330 Å². The third kappa shape index (κ3) is 6.06. The van der Waals surface area contributed by atoms with Crippen LogP contribution in [0.3, 0.4) is 0 Å². The molecule has 7 aromatic rings. The van der Waals surface area contributed by atoms with E-state index in [9.17, 15) is 0 Å². The van der Waals surface area contributed by atoms with Crippen LogP contribution in [0.5, 0.6) is 0 Å². The number of amidine groups is 2. The van der Waals surface area contributed by atoms with Crippen LogP contribution in [-0.4, -0.2) is 40.4 Å². The summed E-state index contributed by atoms with van der Waals surface area (Å²) >= 11 is 0. The molecular formula is C50H35N7. The molecule has 0 fully saturated rings. The number of hydrogen-bond donors (Lipinski definition) is 2. The molecule has 3 aliphatic heterocycles. The van der Waals surface area contributed by atoms with Crippen molar-refractivity contribution in [1.29, 1.82) is 0 Å². The van der Waals surface area contributed by atoms with E-state index in [2.05, 4.69) is 138 Å². The van der Waals surface area contributed by atoms with Gasteiger partial charge in [-0.1, -0.05) is 146 Å². The van der Waals surface area contributed by atoms with Gasteiger partial charge in [0.1, 0.15) is 23.7 Å². The number of benzene rings is 5. The second-order valence-corrected chi connectivity index (χ2v) is 14.6. The van der Waals surface area contributed by atoms with Gasteiger partial charge in [-0.05, 0) is 57.7 Å². The fourth-order valence-electron chi connectivity index (χ4n) is 8.04. The Kier molecular flexibility index (Phi) is 7.88. The van der Waals surface area contributed by atoms with Crippen molar-refractivity contribution < 1.29 is 0 Å². The Balaban J connectivity index is 0.893. The van der Waals surface area contributed by atoms with Crippen LogP contribution in [0.15, 0.2) is 202 Å². The molecule has 2 atom stereocenters. The molecule has 0 bridgehead atoms. The molecule has 11 rings (SSSR count). The van der Waals surface area contributed by atoms with Gasteiger partial charge in [0.2, 0.25) is 0 Å². The van der Waals surface area contributed by atoms with E-state index in [1.807, 2.05) is 48.7 Å².